The van der Waals surface area contributed by atoms with Crippen LogP contribution in [-0.4, -0.2) is 11.9 Å². The lowest BCUT2D eigenvalue weighted by atomic mass is 10.1. The third-order valence-corrected chi connectivity index (χ3v) is 2.18. The van der Waals surface area contributed by atoms with Gasteiger partial charge in [0, 0.05) is 0 Å². The number of carbonyl (C=O) groups excluding carboxylic acids is 1. The van der Waals surface area contributed by atoms with E-state index in [9.17, 15) is 0 Å². The van der Waals surface area contributed by atoms with Crippen LogP contribution in [0.5, 0.6) is 5.75 Å². The van der Waals surface area contributed by atoms with Crippen LogP contribution >= 0.6 is 0 Å². The maximum Gasteiger partial charge on any atom is 0.115 e. The molecule has 0 heterocycles. The van der Waals surface area contributed by atoms with Crippen LogP contribution in [0.2, 0.25) is 0 Å². The van der Waals surface area contributed by atoms with Gasteiger partial charge in [0.1, 0.15) is 12.5 Å². The Morgan fingerprint density at radius 2 is 1.12 bits per heavy atom. The number of hydrogen-bond donors (Lipinski definition) is 1. The summed E-state index contributed by atoms with van der Waals surface area (Å²) in [6.45, 7) is 6.24. The summed E-state index contributed by atoms with van der Waals surface area (Å²) in [5.41, 5.74) is 2.74. The summed E-state index contributed by atoms with van der Waals surface area (Å²) in [6, 6.07) is 17.1. The van der Waals surface area contributed by atoms with E-state index < -0.39 is 0 Å². The molecule has 0 amide bonds. The molecule has 0 spiro atoms. The highest BCUT2D eigenvalue weighted by Crippen LogP contribution is 2.03. The zero-order valence-corrected chi connectivity index (χ0v) is 10.3. The van der Waals surface area contributed by atoms with E-state index in [1.807, 2.05) is 12.9 Å². The lowest BCUT2D eigenvalue weighted by molar-refractivity contribution is -0.0979. The molecule has 2 aromatic rings. The molecule has 0 aliphatic rings. The van der Waals surface area contributed by atoms with Crippen molar-refractivity contribution < 1.29 is 9.90 Å². The highest BCUT2D eigenvalue weighted by atomic mass is 16.3. The maximum atomic E-state index is 8.63. The van der Waals surface area contributed by atoms with Gasteiger partial charge in [-0.2, -0.15) is 0 Å². The molecule has 1 N–H and O–H groups in total. The van der Waals surface area contributed by atoms with Crippen molar-refractivity contribution in [2.45, 2.75) is 13.8 Å². The summed E-state index contributed by atoms with van der Waals surface area (Å²) in [6.07, 6.45) is 0. The van der Waals surface area contributed by atoms with Gasteiger partial charge in [0.2, 0.25) is 0 Å². The molecule has 0 radical (unpaired) electrons. The molecule has 0 aromatic heterocycles. The lowest BCUT2D eigenvalue weighted by Gasteiger charge is -1.93. The quantitative estimate of drug-likeness (QED) is 0.752. The molecule has 90 valence electrons. The zero-order chi connectivity index (χ0) is 13.1. The normalized spacial score (nSPS) is 8.12. The molecule has 0 atom stereocenters. The third-order valence-electron chi connectivity index (χ3n) is 2.18. The van der Waals surface area contributed by atoms with Crippen LogP contribution in [-0.2, 0) is 4.79 Å². The average molecular weight is 230 g/mol. The summed E-state index contributed by atoms with van der Waals surface area (Å²) in [5, 5.41) is 8.63. The number of para-hydroxylation sites is 1. The molecule has 0 saturated carbocycles. The van der Waals surface area contributed by atoms with Crippen molar-refractivity contribution in [3.8, 4) is 5.75 Å². The fourth-order valence-corrected chi connectivity index (χ4v) is 1.09. The van der Waals surface area contributed by atoms with E-state index in [0.717, 1.165) is 0 Å². The summed E-state index contributed by atoms with van der Waals surface area (Å²) < 4.78 is 0. The number of aromatic hydroxyl groups is 1. The molecule has 0 fully saturated rings. The highest BCUT2D eigenvalue weighted by molar-refractivity contribution is 5.23. The summed E-state index contributed by atoms with van der Waals surface area (Å²) >= 11 is 0. The number of benzene rings is 2. The van der Waals surface area contributed by atoms with Gasteiger partial charge in [-0.3, -0.25) is 0 Å². The minimum Gasteiger partial charge on any atom is -0.508 e. The third kappa shape index (κ3) is 6.90. The Bertz CT molecular complexity index is 389. The molecule has 0 bridgehead atoms. The van der Waals surface area contributed by atoms with Crippen LogP contribution in [0.3, 0.4) is 0 Å². The van der Waals surface area contributed by atoms with Gasteiger partial charge < -0.3 is 9.90 Å². The second kappa shape index (κ2) is 9.16. The van der Waals surface area contributed by atoms with Crippen molar-refractivity contribution in [1.82, 2.24) is 0 Å². The van der Waals surface area contributed by atoms with Crippen LogP contribution < -0.4 is 0 Å². The van der Waals surface area contributed by atoms with Crippen molar-refractivity contribution in [1.29, 1.82) is 0 Å². The molecule has 2 heteroatoms. The van der Waals surface area contributed by atoms with Crippen molar-refractivity contribution in [2.24, 2.45) is 0 Å². The minimum absolute atomic E-state index is 0.322. The fraction of sp³-hybridized carbons (Fsp3) is 0.133. The van der Waals surface area contributed by atoms with E-state index in [2.05, 4.69) is 38.1 Å². The predicted octanol–water partition coefficient (Wildman–Crippen LogP) is 3.51. The number of hydrogen-bond acceptors (Lipinski definition) is 2. The van der Waals surface area contributed by atoms with E-state index in [1.165, 1.54) is 11.1 Å². The molecule has 17 heavy (non-hydrogen) atoms. The standard InChI is InChI=1S/C8H10.C6H6O.CH2O/c1-7-5-3-4-6-8(7)2;7-6-4-2-1-3-5-6;1-2/h3-6H,1-2H3;1-5,7H;1H2. The average Bonchev–Trinajstić information content (AvgIpc) is 2.37. The minimum atomic E-state index is 0.322. The Labute approximate surface area is 103 Å². The fourth-order valence-electron chi connectivity index (χ4n) is 1.09. The molecule has 0 saturated heterocycles. The summed E-state index contributed by atoms with van der Waals surface area (Å²) in [7, 11) is 0. The Morgan fingerprint density at radius 3 is 1.35 bits per heavy atom. The van der Waals surface area contributed by atoms with Crippen LogP contribution in [0.4, 0.5) is 0 Å². The van der Waals surface area contributed by atoms with Gasteiger partial charge in [0.05, 0.1) is 0 Å². The van der Waals surface area contributed by atoms with E-state index in [0.29, 0.717) is 5.75 Å². The van der Waals surface area contributed by atoms with E-state index in [4.69, 9.17) is 9.90 Å². The molecule has 2 aromatic carbocycles. The van der Waals surface area contributed by atoms with E-state index >= 15 is 0 Å². The van der Waals surface area contributed by atoms with Crippen LogP contribution in [0, 0.1) is 13.8 Å². The Kier molecular flexibility index (Phi) is 8.03. The van der Waals surface area contributed by atoms with Gasteiger partial charge >= 0.3 is 0 Å². The van der Waals surface area contributed by atoms with E-state index in [1.54, 1.807) is 24.3 Å². The predicted molar refractivity (Wildman–Crippen MR) is 71.1 cm³/mol. The summed E-state index contributed by atoms with van der Waals surface area (Å²) in [4.78, 5) is 8.00. The first-order chi connectivity index (χ1) is 8.20. The molecule has 2 rings (SSSR count). The number of rotatable bonds is 0. The van der Waals surface area contributed by atoms with Crippen LogP contribution in [0.15, 0.2) is 54.6 Å². The zero-order valence-electron chi connectivity index (χ0n) is 10.3. The molecule has 0 aliphatic heterocycles. The van der Waals surface area contributed by atoms with Gasteiger partial charge in [-0.15, -0.1) is 0 Å². The number of phenols is 1. The smallest absolute Gasteiger partial charge is 0.115 e. The van der Waals surface area contributed by atoms with Gasteiger partial charge in [-0.25, -0.2) is 0 Å². The first-order valence-electron chi connectivity index (χ1n) is 5.25. The number of phenolic OH excluding ortho intramolecular Hbond substituents is 1. The van der Waals surface area contributed by atoms with Crippen LogP contribution in [0.1, 0.15) is 11.1 Å². The van der Waals surface area contributed by atoms with Crippen molar-refractivity contribution in [3.05, 3.63) is 65.7 Å². The highest BCUT2D eigenvalue weighted by Gasteiger charge is 1.83. The lowest BCUT2D eigenvalue weighted by Crippen LogP contribution is -1.74. The number of aryl methyl sites for hydroxylation is 2. The van der Waals surface area contributed by atoms with E-state index in [-0.39, 0.29) is 0 Å². The Hall–Kier alpha value is -2.09. The monoisotopic (exact) mass is 230 g/mol. The molecule has 2 nitrogen and oxygen atoms in total. The van der Waals surface area contributed by atoms with Crippen molar-refractivity contribution in [2.75, 3.05) is 0 Å². The van der Waals surface area contributed by atoms with Gasteiger partial charge in [0.25, 0.3) is 0 Å². The van der Waals surface area contributed by atoms with Gasteiger partial charge in [-0.1, -0.05) is 42.5 Å². The largest absolute Gasteiger partial charge is 0.508 e. The van der Waals surface area contributed by atoms with Gasteiger partial charge in [-0.05, 0) is 37.1 Å². The topological polar surface area (TPSA) is 37.3 Å². The SMILES string of the molecule is C=O.Cc1ccccc1C.Oc1ccccc1. The van der Waals surface area contributed by atoms with Crippen LogP contribution in [0.25, 0.3) is 0 Å². The molecular weight excluding hydrogens is 212 g/mol. The molecule has 0 unspecified atom stereocenters. The second-order valence-corrected chi connectivity index (χ2v) is 3.42. The summed E-state index contributed by atoms with van der Waals surface area (Å²) in [5.74, 6) is 0.322. The first kappa shape index (κ1) is 14.9. The first-order valence-corrected chi connectivity index (χ1v) is 5.25. The Morgan fingerprint density at radius 1 is 0.765 bits per heavy atom. The van der Waals surface area contributed by atoms with Crippen molar-refractivity contribution >= 4 is 6.79 Å². The Balaban J connectivity index is 0.000000265. The van der Waals surface area contributed by atoms with Crippen molar-refractivity contribution in [3.63, 3.8) is 0 Å². The molecule has 0 aliphatic carbocycles. The molecular formula is C15H18O2. The van der Waals surface area contributed by atoms with Gasteiger partial charge in [0.15, 0.2) is 0 Å². The number of carbonyl (C=O) groups is 1. The second-order valence-electron chi connectivity index (χ2n) is 3.42. The maximum absolute atomic E-state index is 8.63.